The zero-order valence-corrected chi connectivity index (χ0v) is 13.6. The van der Waals surface area contributed by atoms with Gasteiger partial charge in [0.05, 0.1) is 11.3 Å². The van der Waals surface area contributed by atoms with Crippen molar-refractivity contribution in [3.05, 3.63) is 47.3 Å². The first kappa shape index (κ1) is 16.2. The highest BCUT2D eigenvalue weighted by Crippen LogP contribution is 2.25. The summed E-state index contributed by atoms with van der Waals surface area (Å²) in [5.74, 6) is -0.159. The number of rotatable bonds is 4. The summed E-state index contributed by atoms with van der Waals surface area (Å²) in [4.78, 5) is 12.5. The SMILES string of the molecule is Cn1cc(C(=O)Nc2ccc(CCO)cc2)c(C(C)(C)C)n1. The number of nitrogens with one attached hydrogen (secondary N) is 1. The number of aromatic nitrogens is 2. The zero-order chi connectivity index (χ0) is 16.3. The van der Waals surface area contributed by atoms with Crippen LogP contribution in [0.5, 0.6) is 0 Å². The Labute approximate surface area is 131 Å². The lowest BCUT2D eigenvalue weighted by molar-refractivity contribution is 0.102. The second kappa shape index (κ2) is 6.32. The minimum Gasteiger partial charge on any atom is -0.396 e. The summed E-state index contributed by atoms with van der Waals surface area (Å²) < 4.78 is 1.67. The molecule has 0 spiro atoms. The van der Waals surface area contributed by atoms with Gasteiger partial charge < -0.3 is 10.4 Å². The third-order valence-corrected chi connectivity index (χ3v) is 3.40. The van der Waals surface area contributed by atoms with E-state index in [1.807, 2.05) is 52.1 Å². The molecule has 2 rings (SSSR count). The van der Waals surface area contributed by atoms with Crippen molar-refractivity contribution in [3.8, 4) is 0 Å². The topological polar surface area (TPSA) is 67.2 Å². The lowest BCUT2D eigenvalue weighted by atomic mass is 9.89. The molecular weight excluding hydrogens is 278 g/mol. The summed E-state index contributed by atoms with van der Waals surface area (Å²) in [5.41, 5.74) is 2.95. The van der Waals surface area contributed by atoms with Crippen LogP contribution >= 0.6 is 0 Å². The monoisotopic (exact) mass is 301 g/mol. The van der Waals surface area contributed by atoms with Crippen LogP contribution in [0.4, 0.5) is 5.69 Å². The number of aliphatic hydroxyl groups is 1. The molecule has 22 heavy (non-hydrogen) atoms. The predicted molar refractivity (Wildman–Crippen MR) is 87.1 cm³/mol. The summed E-state index contributed by atoms with van der Waals surface area (Å²) in [7, 11) is 1.82. The fourth-order valence-corrected chi connectivity index (χ4v) is 2.29. The van der Waals surface area contributed by atoms with Gasteiger partial charge in [-0.1, -0.05) is 32.9 Å². The van der Waals surface area contributed by atoms with Gasteiger partial charge in [-0.25, -0.2) is 0 Å². The van der Waals surface area contributed by atoms with Gasteiger partial charge in [-0.05, 0) is 24.1 Å². The molecule has 0 bridgehead atoms. The van der Waals surface area contributed by atoms with Crippen molar-refractivity contribution in [2.24, 2.45) is 7.05 Å². The molecule has 1 amide bonds. The summed E-state index contributed by atoms with van der Waals surface area (Å²) >= 11 is 0. The average molecular weight is 301 g/mol. The molecule has 118 valence electrons. The summed E-state index contributed by atoms with van der Waals surface area (Å²) in [6, 6.07) is 7.49. The largest absolute Gasteiger partial charge is 0.396 e. The first-order valence-corrected chi connectivity index (χ1v) is 7.36. The van der Waals surface area contributed by atoms with Gasteiger partial charge in [-0.15, -0.1) is 0 Å². The fourth-order valence-electron chi connectivity index (χ4n) is 2.29. The molecule has 2 aromatic rings. The maximum absolute atomic E-state index is 12.5. The van der Waals surface area contributed by atoms with Gasteiger partial charge in [0, 0.05) is 31.0 Å². The molecule has 0 aliphatic carbocycles. The van der Waals surface area contributed by atoms with Crippen molar-refractivity contribution in [1.82, 2.24) is 9.78 Å². The standard InChI is InChI=1S/C17H23N3O2/c1-17(2,3)15-14(11-20(4)19-15)16(22)18-13-7-5-12(6-8-13)9-10-21/h5-8,11,21H,9-10H2,1-4H3,(H,18,22). The minimum atomic E-state index is -0.196. The second-order valence-corrected chi connectivity index (χ2v) is 6.44. The number of anilines is 1. The van der Waals surface area contributed by atoms with Gasteiger partial charge in [0.2, 0.25) is 0 Å². The highest BCUT2D eigenvalue weighted by molar-refractivity contribution is 6.05. The molecule has 0 fully saturated rings. The Morgan fingerprint density at radius 3 is 2.45 bits per heavy atom. The smallest absolute Gasteiger partial charge is 0.259 e. The van der Waals surface area contributed by atoms with Crippen LogP contribution in [0.25, 0.3) is 0 Å². The van der Waals surface area contributed by atoms with Crippen molar-refractivity contribution in [2.75, 3.05) is 11.9 Å². The van der Waals surface area contributed by atoms with Gasteiger partial charge in [0.15, 0.2) is 0 Å². The van der Waals surface area contributed by atoms with Gasteiger partial charge in [0.1, 0.15) is 0 Å². The van der Waals surface area contributed by atoms with E-state index >= 15 is 0 Å². The number of carbonyl (C=O) groups is 1. The molecule has 0 aliphatic heterocycles. The lowest BCUT2D eigenvalue weighted by Crippen LogP contribution is -2.20. The quantitative estimate of drug-likeness (QED) is 0.912. The Morgan fingerprint density at radius 2 is 1.91 bits per heavy atom. The Morgan fingerprint density at radius 1 is 1.27 bits per heavy atom. The van der Waals surface area contributed by atoms with Gasteiger partial charge in [-0.2, -0.15) is 5.10 Å². The molecule has 1 aromatic carbocycles. The third-order valence-electron chi connectivity index (χ3n) is 3.40. The van der Waals surface area contributed by atoms with Crippen LogP contribution in [0.2, 0.25) is 0 Å². The predicted octanol–water partition coefficient (Wildman–Crippen LogP) is 2.50. The summed E-state index contributed by atoms with van der Waals surface area (Å²) in [5, 5.41) is 16.2. The Balaban J connectivity index is 2.19. The lowest BCUT2D eigenvalue weighted by Gasteiger charge is -2.17. The molecule has 2 N–H and O–H groups in total. The molecule has 1 heterocycles. The average Bonchev–Trinajstić information content (AvgIpc) is 2.84. The van der Waals surface area contributed by atoms with Gasteiger partial charge in [-0.3, -0.25) is 9.48 Å². The first-order chi connectivity index (χ1) is 10.3. The van der Waals surface area contributed by atoms with E-state index in [0.29, 0.717) is 12.0 Å². The summed E-state index contributed by atoms with van der Waals surface area (Å²) in [6.07, 6.45) is 2.36. The maximum Gasteiger partial charge on any atom is 0.259 e. The molecule has 5 nitrogen and oxygen atoms in total. The van der Waals surface area contributed by atoms with Gasteiger partial charge >= 0.3 is 0 Å². The number of amides is 1. The normalized spacial score (nSPS) is 11.5. The number of benzene rings is 1. The number of aliphatic hydroxyl groups excluding tert-OH is 1. The van der Waals surface area contributed by atoms with Crippen molar-refractivity contribution >= 4 is 11.6 Å². The van der Waals surface area contributed by atoms with E-state index < -0.39 is 0 Å². The maximum atomic E-state index is 12.5. The van der Waals surface area contributed by atoms with E-state index in [2.05, 4.69) is 10.4 Å². The molecule has 0 saturated heterocycles. The highest BCUT2D eigenvalue weighted by atomic mass is 16.3. The first-order valence-electron chi connectivity index (χ1n) is 7.36. The van der Waals surface area contributed by atoms with E-state index in [-0.39, 0.29) is 17.9 Å². The molecular formula is C17H23N3O2. The third kappa shape index (κ3) is 3.74. The number of nitrogens with zero attached hydrogens (tertiary/aromatic N) is 2. The van der Waals surface area contributed by atoms with Crippen LogP contribution in [0.1, 0.15) is 42.4 Å². The van der Waals surface area contributed by atoms with E-state index in [4.69, 9.17) is 5.11 Å². The molecule has 5 heteroatoms. The molecule has 0 saturated carbocycles. The molecule has 0 radical (unpaired) electrons. The van der Waals surface area contributed by atoms with Crippen molar-refractivity contribution in [3.63, 3.8) is 0 Å². The van der Waals surface area contributed by atoms with Crippen LogP contribution in [0.15, 0.2) is 30.5 Å². The molecule has 0 unspecified atom stereocenters. The van der Waals surface area contributed by atoms with E-state index in [1.165, 1.54) is 0 Å². The minimum absolute atomic E-state index is 0.121. The van der Waals surface area contributed by atoms with Gasteiger partial charge in [0.25, 0.3) is 5.91 Å². The van der Waals surface area contributed by atoms with E-state index in [0.717, 1.165) is 16.9 Å². The Hall–Kier alpha value is -2.14. The highest BCUT2D eigenvalue weighted by Gasteiger charge is 2.25. The van der Waals surface area contributed by atoms with Crippen molar-refractivity contribution in [1.29, 1.82) is 0 Å². The van der Waals surface area contributed by atoms with E-state index in [9.17, 15) is 4.79 Å². The van der Waals surface area contributed by atoms with Crippen LogP contribution in [0, 0.1) is 0 Å². The molecule has 0 atom stereocenters. The molecule has 0 aliphatic rings. The van der Waals surface area contributed by atoms with Crippen molar-refractivity contribution in [2.45, 2.75) is 32.6 Å². The van der Waals surface area contributed by atoms with Crippen molar-refractivity contribution < 1.29 is 9.90 Å². The van der Waals surface area contributed by atoms with E-state index in [1.54, 1.807) is 10.9 Å². The number of hydrogen-bond donors (Lipinski definition) is 2. The molecule has 1 aromatic heterocycles. The Bertz CT molecular complexity index is 652. The number of carbonyl (C=O) groups excluding carboxylic acids is 1. The van der Waals surface area contributed by atoms with Crippen LogP contribution in [-0.4, -0.2) is 27.4 Å². The fraction of sp³-hybridized carbons (Fsp3) is 0.412. The number of aryl methyl sites for hydroxylation is 1. The van der Waals surface area contributed by atoms with Crippen LogP contribution in [-0.2, 0) is 18.9 Å². The zero-order valence-electron chi connectivity index (χ0n) is 13.6. The number of hydrogen-bond acceptors (Lipinski definition) is 3. The van der Waals surface area contributed by atoms with Crippen LogP contribution < -0.4 is 5.32 Å². The Kier molecular flexibility index (Phi) is 4.66. The van der Waals surface area contributed by atoms with Crippen LogP contribution in [0.3, 0.4) is 0 Å². The second-order valence-electron chi connectivity index (χ2n) is 6.44. The summed E-state index contributed by atoms with van der Waals surface area (Å²) in [6.45, 7) is 6.23.